The summed E-state index contributed by atoms with van der Waals surface area (Å²) >= 11 is 0. The molecule has 0 aromatic rings. The molecule has 2 N–H and O–H groups in total. The number of hydrogen-bond acceptors (Lipinski definition) is 5. The van der Waals surface area contributed by atoms with Gasteiger partial charge in [-0.1, -0.05) is 0 Å². The molecule has 0 aliphatic carbocycles. The zero-order valence-corrected chi connectivity index (χ0v) is 14.4. The summed E-state index contributed by atoms with van der Waals surface area (Å²) in [4.78, 5) is 39.3. The smallest absolute Gasteiger partial charge is 0.325 e. The molecule has 2 atom stereocenters. The Morgan fingerprint density at radius 2 is 2.04 bits per heavy atom. The van der Waals surface area contributed by atoms with E-state index in [1.165, 1.54) is 0 Å². The number of rotatable bonds is 5. The van der Waals surface area contributed by atoms with E-state index in [4.69, 9.17) is 4.74 Å². The second-order valence-electron chi connectivity index (χ2n) is 6.94. The van der Waals surface area contributed by atoms with E-state index in [9.17, 15) is 14.4 Å². The van der Waals surface area contributed by atoms with Crippen molar-refractivity contribution < 1.29 is 19.1 Å². The van der Waals surface area contributed by atoms with Gasteiger partial charge in [0.05, 0.1) is 12.1 Å². The largest absolute Gasteiger partial charge is 0.378 e. The second-order valence-corrected chi connectivity index (χ2v) is 6.94. The van der Waals surface area contributed by atoms with Crippen molar-refractivity contribution >= 4 is 17.8 Å². The van der Waals surface area contributed by atoms with E-state index in [0.29, 0.717) is 12.6 Å². The number of ether oxygens (including phenoxy) is 1. The summed E-state index contributed by atoms with van der Waals surface area (Å²) in [5.41, 5.74) is -0.964. The molecule has 2 rings (SSSR count). The number of nitrogens with one attached hydrogen (secondary N) is 2. The van der Waals surface area contributed by atoms with Crippen molar-refractivity contribution in [3.05, 3.63) is 0 Å². The van der Waals surface area contributed by atoms with E-state index >= 15 is 0 Å². The Bertz CT molecular complexity index is 506. The first-order valence-electron chi connectivity index (χ1n) is 7.86. The van der Waals surface area contributed by atoms with Crippen molar-refractivity contribution in [3.63, 3.8) is 0 Å². The first-order chi connectivity index (χ1) is 10.7. The molecule has 2 aliphatic heterocycles. The van der Waals surface area contributed by atoms with E-state index in [1.54, 1.807) is 21.0 Å². The SMILES string of the molecule is CO[C@H]1CN(C(C)C)C[C@@H]1NC(=O)CN1C(=O)NC(C)(C)C1=O. The van der Waals surface area contributed by atoms with Crippen molar-refractivity contribution in [2.75, 3.05) is 26.7 Å². The van der Waals surface area contributed by atoms with Crippen molar-refractivity contribution in [1.29, 1.82) is 0 Å². The summed E-state index contributed by atoms with van der Waals surface area (Å²) in [7, 11) is 1.62. The quantitative estimate of drug-likeness (QED) is 0.667. The van der Waals surface area contributed by atoms with Crippen LogP contribution in [0.15, 0.2) is 0 Å². The predicted molar refractivity (Wildman–Crippen MR) is 83.8 cm³/mol. The topological polar surface area (TPSA) is 91.0 Å². The number of methoxy groups -OCH3 is 1. The van der Waals surface area contributed by atoms with Gasteiger partial charge in [-0.3, -0.25) is 19.4 Å². The highest BCUT2D eigenvalue weighted by atomic mass is 16.5. The van der Waals surface area contributed by atoms with Crippen LogP contribution in [0.4, 0.5) is 4.79 Å². The highest BCUT2D eigenvalue weighted by molar-refractivity contribution is 6.08. The molecule has 23 heavy (non-hydrogen) atoms. The van der Waals surface area contributed by atoms with Crippen LogP contribution in [0, 0.1) is 0 Å². The number of likely N-dealkylation sites (tertiary alicyclic amines) is 1. The summed E-state index contributed by atoms with van der Waals surface area (Å²) in [5, 5.41) is 5.44. The number of amides is 4. The first kappa shape index (κ1) is 17.7. The number of carbonyl (C=O) groups is 3. The van der Waals surface area contributed by atoms with Gasteiger partial charge < -0.3 is 15.4 Å². The molecule has 2 fully saturated rings. The minimum atomic E-state index is -0.964. The lowest BCUT2D eigenvalue weighted by atomic mass is 10.1. The third-order valence-electron chi connectivity index (χ3n) is 4.42. The molecule has 0 bridgehead atoms. The lowest BCUT2D eigenvalue weighted by Gasteiger charge is -2.21. The van der Waals surface area contributed by atoms with Gasteiger partial charge in [0, 0.05) is 26.2 Å². The fourth-order valence-electron chi connectivity index (χ4n) is 2.96. The van der Waals surface area contributed by atoms with Crippen LogP contribution in [0.5, 0.6) is 0 Å². The van der Waals surface area contributed by atoms with Crippen molar-refractivity contribution in [2.45, 2.75) is 51.4 Å². The van der Waals surface area contributed by atoms with Crippen LogP contribution >= 0.6 is 0 Å². The summed E-state index contributed by atoms with van der Waals surface area (Å²) in [6.45, 7) is 8.57. The zero-order valence-electron chi connectivity index (χ0n) is 14.4. The van der Waals surface area contributed by atoms with E-state index in [2.05, 4.69) is 29.4 Å². The van der Waals surface area contributed by atoms with Crippen LogP contribution in [0.25, 0.3) is 0 Å². The minimum absolute atomic E-state index is 0.0964. The van der Waals surface area contributed by atoms with Crippen molar-refractivity contribution in [1.82, 2.24) is 20.4 Å². The monoisotopic (exact) mass is 326 g/mol. The summed E-state index contributed by atoms with van der Waals surface area (Å²) < 4.78 is 5.43. The van der Waals surface area contributed by atoms with Crippen LogP contribution in [-0.2, 0) is 14.3 Å². The Morgan fingerprint density at radius 3 is 2.52 bits per heavy atom. The van der Waals surface area contributed by atoms with Gasteiger partial charge >= 0.3 is 6.03 Å². The normalized spacial score (nSPS) is 27.7. The van der Waals surface area contributed by atoms with Gasteiger partial charge in [0.1, 0.15) is 12.1 Å². The maximum Gasteiger partial charge on any atom is 0.325 e. The molecular weight excluding hydrogens is 300 g/mol. The molecule has 2 saturated heterocycles. The summed E-state index contributed by atoms with van der Waals surface area (Å²) in [6, 6.07) is -0.321. The number of imide groups is 1. The Balaban J connectivity index is 1.95. The van der Waals surface area contributed by atoms with Crippen LogP contribution in [0.3, 0.4) is 0 Å². The van der Waals surface area contributed by atoms with E-state index in [1.807, 2.05) is 0 Å². The maximum absolute atomic E-state index is 12.2. The van der Waals surface area contributed by atoms with Crippen LogP contribution in [-0.4, -0.2) is 78.1 Å². The lowest BCUT2D eigenvalue weighted by molar-refractivity contribution is -0.134. The zero-order chi connectivity index (χ0) is 17.4. The molecule has 0 radical (unpaired) electrons. The number of nitrogens with zero attached hydrogens (tertiary/aromatic N) is 2. The van der Waals surface area contributed by atoms with Gasteiger partial charge in [-0.05, 0) is 27.7 Å². The molecule has 8 nitrogen and oxygen atoms in total. The first-order valence-corrected chi connectivity index (χ1v) is 7.86. The van der Waals surface area contributed by atoms with E-state index in [-0.39, 0.29) is 24.6 Å². The van der Waals surface area contributed by atoms with Gasteiger partial charge in [-0.2, -0.15) is 0 Å². The average Bonchev–Trinajstić information content (AvgIpc) is 2.93. The van der Waals surface area contributed by atoms with Crippen LogP contribution in [0.1, 0.15) is 27.7 Å². The molecule has 130 valence electrons. The third-order valence-corrected chi connectivity index (χ3v) is 4.42. The lowest BCUT2D eigenvalue weighted by Crippen LogP contribution is -2.49. The Morgan fingerprint density at radius 1 is 1.39 bits per heavy atom. The standard InChI is InChI=1S/C15H26N4O4/c1-9(2)18-6-10(11(7-18)23-5)16-12(20)8-19-13(21)15(3,4)17-14(19)22/h9-11H,6-8H2,1-5H3,(H,16,20)(H,17,22)/t10-,11-/m0/s1. The highest BCUT2D eigenvalue weighted by Gasteiger charge is 2.45. The van der Waals surface area contributed by atoms with Gasteiger partial charge in [0.2, 0.25) is 5.91 Å². The molecule has 0 unspecified atom stereocenters. The number of hydrogen-bond donors (Lipinski definition) is 2. The Labute approximate surface area is 136 Å². The van der Waals surface area contributed by atoms with Gasteiger partial charge in [-0.25, -0.2) is 4.79 Å². The molecule has 8 heteroatoms. The molecule has 2 heterocycles. The van der Waals surface area contributed by atoms with E-state index < -0.39 is 17.5 Å². The second kappa shape index (κ2) is 6.45. The average molecular weight is 326 g/mol. The van der Waals surface area contributed by atoms with Crippen LogP contribution in [0.2, 0.25) is 0 Å². The van der Waals surface area contributed by atoms with Crippen molar-refractivity contribution in [3.8, 4) is 0 Å². The van der Waals surface area contributed by atoms with Gasteiger partial charge in [0.25, 0.3) is 5.91 Å². The van der Waals surface area contributed by atoms with E-state index in [0.717, 1.165) is 11.4 Å². The fraction of sp³-hybridized carbons (Fsp3) is 0.800. The molecular formula is C15H26N4O4. The number of carbonyl (C=O) groups excluding carboxylic acids is 3. The molecule has 0 spiro atoms. The fourth-order valence-corrected chi connectivity index (χ4v) is 2.96. The van der Waals surface area contributed by atoms with Gasteiger partial charge in [-0.15, -0.1) is 0 Å². The molecule has 0 aromatic heterocycles. The summed E-state index contributed by atoms with van der Waals surface area (Å²) in [6.07, 6.45) is -0.0964. The Kier molecular flexibility index (Phi) is 4.95. The molecule has 2 aliphatic rings. The highest BCUT2D eigenvalue weighted by Crippen LogP contribution is 2.18. The number of urea groups is 1. The third kappa shape index (κ3) is 3.64. The van der Waals surface area contributed by atoms with Crippen molar-refractivity contribution in [2.24, 2.45) is 0 Å². The van der Waals surface area contributed by atoms with Crippen LogP contribution < -0.4 is 10.6 Å². The minimum Gasteiger partial charge on any atom is -0.378 e. The molecule has 0 saturated carbocycles. The molecule has 0 aromatic carbocycles. The van der Waals surface area contributed by atoms with Gasteiger partial charge in [0.15, 0.2) is 0 Å². The molecule has 4 amide bonds. The Hall–Kier alpha value is -1.67. The summed E-state index contributed by atoms with van der Waals surface area (Å²) in [5.74, 6) is -0.750. The predicted octanol–water partition coefficient (Wildman–Crippen LogP) is -0.459. The maximum atomic E-state index is 12.2.